The Morgan fingerprint density at radius 3 is 3.04 bits per heavy atom. The van der Waals surface area contributed by atoms with Crippen LogP contribution in [0.25, 0.3) is 0 Å². The molecular formula is C18H22ClN3OS. The van der Waals surface area contributed by atoms with Crippen LogP contribution in [0.5, 0.6) is 0 Å². The number of hydrogen-bond donors (Lipinski definition) is 1. The average molecular weight is 364 g/mol. The Morgan fingerprint density at radius 2 is 2.25 bits per heavy atom. The summed E-state index contributed by atoms with van der Waals surface area (Å²) in [4.78, 5) is 14.0. The molecule has 0 radical (unpaired) electrons. The zero-order chi connectivity index (χ0) is 17.1. The van der Waals surface area contributed by atoms with E-state index in [1.54, 1.807) is 4.68 Å². The first-order valence-corrected chi connectivity index (χ1v) is 9.73. The molecule has 3 rings (SSSR count). The molecule has 1 aromatic heterocycles. The molecule has 0 bridgehead atoms. The first-order chi connectivity index (χ1) is 11.6. The van der Waals surface area contributed by atoms with E-state index >= 15 is 0 Å². The zero-order valence-electron chi connectivity index (χ0n) is 14.0. The van der Waals surface area contributed by atoms with Crippen molar-refractivity contribution in [1.82, 2.24) is 15.1 Å². The van der Waals surface area contributed by atoms with Crippen molar-refractivity contribution in [3.8, 4) is 0 Å². The summed E-state index contributed by atoms with van der Waals surface area (Å²) in [5.41, 5.74) is 2.38. The maximum absolute atomic E-state index is 12.8. The van der Waals surface area contributed by atoms with E-state index in [0.717, 1.165) is 31.6 Å². The molecule has 128 valence electrons. The number of carbonyl (C=O) groups is 1. The number of hydrogen-bond acceptors (Lipinski definition) is 3. The highest BCUT2D eigenvalue weighted by atomic mass is 35.5. The summed E-state index contributed by atoms with van der Waals surface area (Å²) in [5.74, 6) is 0.872. The molecule has 1 aromatic carbocycles. The van der Waals surface area contributed by atoms with Crippen LogP contribution < -0.4 is 5.32 Å². The number of thioether (sulfide) groups is 1. The van der Waals surface area contributed by atoms with Gasteiger partial charge in [-0.1, -0.05) is 43.1 Å². The number of unbranched alkanes of at least 4 members (excludes halogenated alkanes) is 1. The van der Waals surface area contributed by atoms with E-state index in [9.17, 15) is 4.79 Å². The van der Waals surface area contributed by atoms with Crippen molar-refractivity contribution in [2.24, 2.45) is 0 Å². The molecule has 4 nitrogen and oxygen atoms in total. The second-order valence-electron chi connectivity index (χ2n) is 6.03. The Kier molecular flexibility index (Phi) is 5.51. The summed E-state index contributed by atoms with van der Waals surface area (Å²) in [6, 6.07) is 8.29. The molecular weight excluding hydrogens is 342 g/mol. The van der Waals surface area contributed by atoms with Crippen LogP contribution in [-0.2, 0) is 6.54 Å². The first kappa shape index (κ1) is 17.4. The van der Waals surface area contributed by atoms with Gasteiger partial charge in [0.1, 0.15) is 5.15 Å². The summed E-state index contributed by atoms with van der Waals surface area (Å²) >= 11 is 8.25. The van der Waals surface area contributed by atoms with E-state index in [2.05, 4.69) is 29.5 Å². The Morgan fingerprint density at radius 1 is 1.46 bits per heavy atom. The monoisotopic (exact) mass is 363 g/mol. The topological polar surface area (TPSA) is 46.9 Å². The minimum atomic E-state index is -0.132. The Hall–Kier alpha value is -1.46. The normalized spacial score (nSPS) is 16.7. The van der Waals surface area contributed by atoms with Crippen molar-refractivity contribution in [3.05, 3.63) is 46.2 Å². The lowest BCUT2D eigenvalue weighted by atomic mass is 10.0. The number of aryl methyl sites for hydroxylation is 2. The van der Waals surface area contributed by atoms with E-state index in [1.807, 2.05) is 30.8 Å². The minimum absolute atomic E-state index is 0.0319. The molecule has 0 spiro atoms. The lowest BCUT2D eigenvalue weighted by Gasteiger charge is -2.25. The number of fused-ring (bicyclic) bond motifs is 1. The lowest BCUT2D eigenvalue weighted by Crippen LogP contribution is -2.31. The van der Waals surface area contributed by atoms with Crippen molar-refractivity contribution in [3.63, 3.8) is 0 Å². The molecule has 0 aliphatic carbocycles. The SMILES string of the molecule is CCCCn1nc(C)c(C(=O)N[C@H]2CCSc3ccccc32)c1Cl. The molecule has 1 N–H and O–H groups in total. The number of benzene rings is 1. The summed E-state index contributed by atoms with van der Waals surface area (Å²) in [5, 5.41) is 8.02. The number of aromatic nitrogens is 2. The zero-order valence-corrected chi connectivity index (χ0v) is 15.6. The van der Waals surface area contributed by atoms with E-state index in [1.165, 1.54) is 10.5 Å². The third kappa shape index (κ3) is 3.47. The molecule has 1 amide bonds. The molecule has 24 heavy (non-hydrogen) atoms. The molecule has 1 aliphatic rings. The summed E-state index contributed by atoms with van der Waals surface area (Å²) in [6.07, 6.45) is 2.98. The van der Waals surface area contributed by atoms with Crippen LogP contribution >= 0.6 is 23.4 Å². The van der Waals surface area contributed by atoms with Gasteiger partial charge in [-0.05, 0) is 31.4 Å². The van der Waals surface area contributed by atoms with Crippen LogP contribution in [0.4, 0.5) is 0 Å². The number of halogens is 1. The van der Waals surface area contributed by atoms with Gasteiger partial charge in [0.15, 0.2) is 0 Å². The number of nitrogens with zero attached hydrogens (tertiary/aromatic N) is 2. The summed E-state index contributed by atoms with van der Waals surface area (Å²) in [6.45, 7) is 4.71. The molecule has 2 aromatic rings. The van der Waals surface area contributed by atoms with Crippen LogP contribution in [0.2, 0.25) is 5.15 Å². The number of carbonyl (C=O) groups excluding carboxylic acids is 1. The molecule has 0 saturated heterocycles. The fourth-order valence-electron chi connectivity index (χ4n) is 2.99. The fraction of sp³-hybridized carbons (Fsp3) is 0.444. The Bertz CT molecular complexity index is 744. The third-order valence-electron chi connectivity index (χ3n) is 4.28. The largest absolute Gasteiger partial charge is 0.345 e. The van der Waals surface area contributed by atoms with E-state index in [-0.39, 0.29) is 11.9 Å². The summed E-state index contributed by atoms with van der Waals surface area (Å²) in [7, 11) is 0. The highest BCUT2D eigenvalue weighted by Gasteiger charge is 2.26. The highest BCUT2D eigenvalue weighted by molar-refractivity contribution is 7.99. The van der Waals surface area contributed by atoms with Crippen molar-refractivity contribution in [2.45, 2.75) is 50.6 Å². The van der Waals surface area contributed by atoms with Gasteiger partial charge in [0, 0.05) is 17.2 Å². The lowest BCUT2D eigenvalue weighted by molar-refractivity contribution is 0.0934. The predicted molar refractivity (Wildman–Crippen MR) is 98.9 cm³/mol. The smallest absolute Gasteiger partial charge is 0.256 e. The van der Waals surface area contributed by atoms with Gasteiger partial charge in [0.05, 0.1) is 17.3 Å². The highest BCUT2D eigenvalue weighted by Crippen LogP contribution is 2.36. The van der Waals surface area contributed by atoms with Gasteiger partial charge in [-0.3, -0.25) is 9.48 Å². The molecule has 0 saturated carbocycles. The second-order valence-corrected chi connectivity index (χ2v) is 7.52. The van der Waals surface area contributed by atoms with E-state index in [4.69, 9.17) is 11.6 Å². The van der Waals surface area contributed by atoms with Crippen LogP contribution in [0.3, 0.4) is 0 Å². The Labute approximate surface area is 152 Å². The van der Waals surface area contributed by atoms with Crippen molar-refractivity contribution < 1.29 is 4.79 Å². The first-order valence-electron chi connectivity index (χ1n) is 8.37. The van der Waals surface area contributed by atoms with Crippen molar-refractivity contribution >= 4 is 29.3 Å². The maximum Gasteiger partial charge on any atom is 0.256 e. The molecule has 1 aliphatic heterocycles. The second kappa shape index (κ2) is 7.62. The molecule has 2 heterocycles. The number of nitrogens with one attached hydrogen (secondary N) is 1. The van der Waals surface area contributed by atoms with E-state index in [0.29, 0.717) is 16.4 Å². The predicted octanol–water partition coefficient (Wildman–Crippen LogP) is 4.61. The molecule has 6 heteroatoms. The quantitative estimate of drug-likeness (QED) is 0.843. The standard InChI is InChI=1S/C18H22ClN3OS/c1-3-4-10-22-17(19)16(12(2)21-22)18(23)20-14-9-11-24-15-8-6-5-7-13(14)15/h5-8,14H,3-4,9-11H2,1-2H3,(H,20,23)/t14-/m0/s1. The minimum Gasteiger partial charge on any atom is -0.345 e. The van der Waals surface area contributed by atoms with Crippen LogP contribution in [0.15, 0.2) is 29.2 Å². The van der Waals surface area contributed by atoms with Gasteiger partial charge in [0.25, 0.3) is 5.91 Å². The molecule has 0 unspecified atom stereocenters. The van der Waals surface area contributed by atoms with Crippen molar-refractivity contribution in [1.29, 1.82) is 0 Å². The maximum atomic E-state index is 12.8. The van der Waals surface area contributed by atoms with Gasteiger partial charge in [0.2, 0.25) is 0 Å². The van der Waals surface area contributed by atoms with Gasteiger partial charge < -0.3 is 5.32 Å². The van der Waals surface area contributed by atoms with E-state index < -0.39 is 0 Å². The summed E-state index contributed by atoms with van der Waals surface area (Å²) < 4.78 is 1.74. The molecule has 1 atom stereocenters. The van der Waals surface area contributed by atoms with Crippen LogP contribution in [0, 0.1) is 6.92 Å². The molecule has 0 fully saturated rings. The van der Waals surface area contributed by atoms with Gasteiger partial charge in [-0.2, -0.15) is 5.10 Å². The van der Waals surface area contributed by atoms with Crippen LogP contribution in [-0.4, -0.2) is 21.4 Å². The average Bonchev–Trinajstić information content (AvgIpc) is 2.87. The van der Waals surface area contributed by atoms with Crippen LogP contribution in [0.1, 0.15) is 53.8 Å². The fourth-order valence-corrected chi connectivity index (χ4v) is 4.46. The van der Waals surface area contributed by atoms with Crippen molar-refractivity contribution in [2.75, 3.05) is 5.75 Å². The third-order valence-corrected chi connectivity index (χ3v) is 5.79. The number of rotatable bonds is 5. The number of amides is 1. The van der Waals surface area contributed by atoms with Gasteiger partial charge in [-0.25, -0.2) is 0 Å². The Balaban J connectivity index is 1.80. The van der Waals surface area contributed by atoms with Gasteiger partial charge >= 0.3 is 0 Å². The van der Waals surface area contributed by atoms with Gasteiger partial charge in [-0.15, -0.1) is 11.8 Å².